The smallest absolute Gasteiger partial charge is 0.320 e. The Hall–Kier alpha value is -1.30. The van der Waals surface area contributed by atoms with Gasteiger partial charge in [0.05, 0.1) is 5.92 Å². The summed E-state index contributed by atoms with van der Waals surface area (Å²) in [6.07, 6.45) is 7.07. The standard InChI is InChI=1S/C17H32N4O2/c1-2-3-8-15(12-18)19-16(22)14-7-6-11-21(13-14)17(23)20-9-4-5-10-20/h14-15H,2-13,18H2,1H3,(H,19,22). The van der Waals surface area contributed by atoms with Crippen molar-refractivity contribution in [3.05, 3.63) is 0 Å². The number of piperidine rings is 1. The minimum atomic E-state index is -0.0917. The van der Waals surface area contributed by atoms with Gasteiger partial charge in [-0.1, -0.05) is 19.8 Å². The molecule has 6 nitrogen and oxygen atoms in total. The summed E-state index contributed by atoms with van der Waals surface area (Å²) in [5.74, 6) is -0.0264. The molecule has 0 aromatic carbocycles. The van der Waals surface area contributed by atoms with E-state index in [1.807, 2.05) is 9.80 Å². The second-order valence-corrected chi connectivity index (χ2v) is 6.85. The molecule has 3 N–H and O–H groups in total. The fraction of sp³-hybridized carbons (Fsp3) is 0.882. The van der Waals surface area contributed by atoms with Gasteiger partial charge in [-0.25, -0.2) is 4.79 Å². The molecule has 23 heavy (non-hydrogen) atoms. The Bertz CT molecular complexity index is 396. The van der Waals surface area contributed by atoms with Crippen LogP contribution in [0, 0.1) is 5.92 Å². The Morgan fingerprint density at radius 3 is 2.52 bits per heavy atom. The van der Waals surface area contributed by atoms with Crippen molar-refractivity contribution in [3.63, 3.8) is 0 Å². The number of carbonyl (C=O) groups excluding carboxylic acids is 2. The lowest BCUT2D eigenvalue weighted by molar-refractivity contribution is -0.127. The maximum Gasteiger partial charge on any atom is 0.320 e. The molecule has 2 fully saturated rings. The molecule has 0 aromatic heterocycles. The molecule has 132 valence electrons. The molecule has 0 aromatic rings. The molecule has 0 saturated carbocycles. The van der Waals surface area contributed by atoms with Gasteiger partial charge in [0.15, 0.2) is 0 Å². The normalized spacial score (nSPS) is 23.0. The van der Waals surface area contributed by atoms with Crippen LogP contribution in [0.1, 0.15) is 51.9 Å². The van der Waals surface area contributed by atoms with Crippen molar-refractivity contribution < 1.29 is 9.59 Å². The molecule has 2 atom stereocenters. The predicted octanol–water partition coefficient (Wildman–Crippen LogP) is 1.55. The minimum Gasteiger partial charge on any atom is -0.352 e. The molecular formula is C17H32N4O2. The van der Waals surface area contributed by atoms with Crippen LogP contribution in [0.2, 0.25) is 0 Å². The van der Waals surface area contributed by atoms with Crippen molar-refractivity contribution in [2.24, 2.45) is 11.7 Å². The lowest BCUT2D eigenvalue weighted by Crippen LogP contribution is -2.51. The number of hydrogen-bond donors (Lipinski definition) is 2. The SMILES string of the molecule is CCCCC(CN)NC(=O)C1CCCN(C(=O)N2CCCC2)C1. The third kappa shape index (κ3) is 5.09. The van der Waals surface area contributed by atoms with E-state index in [0.717, 1.165) is 64.6 Å². The first-order valence-electron chi connectivity index (χ1n) is 9.20. The van der Waals surface area contributed by atoms with Crippen LogP contribution < -0.4 is 11.1 Å². The van der Waals surface area contributed by atoms with Crippen LogP contribution in [0.5, 0.6) is 0 Å². The van der Waals surface area contributed by atoms with Crippen LogP contribution in [0.25, 0.3) is 0 Å². The molecule has 6 heteroatoms. The van der Waals surface area contributed by atoms with Crippen molar-refractivity contribution in [1.29, 1.82) is 0 Å². The van der Waals surface area contributed by atoms with Gasteiger partial charge in [0, 0.05) is 38.8 Å². The van der Waals surface area contributed by atoms with Crippen molar-refractivity contribution in [2.45, 2.75) is 57.9 Å². The number of carbonyl (C=O) groups is 2. The molecule has 3 amide bonds. The summed E-state index contributed by atoms with van der Waals surface area (Å²) in [6, 6.07) is 0.175. The largest absolute Gasteiger partial charge is 0.352 e. The summed E-state index contributed by atoms with van der Waals surface area (Å²) in [4.78, 5) is 28.8. The first kappa shape index (κ1) is 18.0. The van der Waals surface area contributed by atoms with Crippen LogP contribution in [0.3, 0.4) is 0 Å². The van der Waals surface area contributed by atoms with E-state index >= 15 is 0 Å². The van der Waals surface area contributed by atoms with Gasteiger partial charge in [0.1, 0.15) is 0 Å². The summed E-state index contributed by atoms with van der Waals surface area (Å²) in [7, 11) is 0. The molecule has 2 aliphatic heterocycles. The van der Waals surface area contributed by atoms with Crippen molar-refractivity contribution >= 4 is 11.9 Å². The van der Waals surface area contributed by atoms with Crippen LogP contribution in [0.4, 0.5) is 4.79 Å². The van der Waals surface area contributed by atoms with Crippen LogP contribution >= 0.6 is 0 Å². The molecule has 2 aliphatic rings. The van der Waals surface area contributed by atoms with E-state index in [-0.39, 0.29) is 23.9 Å². The number of rotatable bonds is 6. The van der Waals surface area contributed by atoms with E-state index in [1.54, 1.807) is 0 Å². The average Bonchev–Trinajstić information content (AvgIpc) is 3.12. The number of nitrogens with two attached hydrogens (primary N) is 1. The predicted molar refractivity (Wildman–Crippen MR) is 91.0 cm³/mol. The van der Waals surface area contributed by atoms with Gasteiger partial charge in [-0.15, -0.1) is 0 Å². The van der Waals surface area contributed by atoms with E-state index in [9.17, 15) is 9.59 Å². The maximum atomic E-state index is 12.5. The van der Waals surface area contributed by atoms with Gasteiger partial charge in [-0.05, 0) is 32.1 Å². The molecular weight excluding hydrogens is 292 g/mol. The van der Waals surface area contributed by atoms with Crippen molar-refractivity contribution in [3.8, 4) is 0 Å². The summed E-state index contributed by atoms with van der Waals surface area (Å²) < 4.78 is 0. The Kier molecular flexibility index (Phi) is 7.15. The topological polar surface area (TPSA) is 78.7 Å². The van der Waals surface area contributed by atoms with E-state index < -0.39 is 0 Å². The van der Waals surface area contributed by atoms with Gasteiger partial charge in [-0.2, -0.15) is 0 Å². The monoisotopic (exact) mass is 324 g/mol. The number of likely N-dealkylation sites (tertiary alicyclic amines) is 2. The zero-order valence-electron chi connectivity index (χ0n) is 14.4. The first-order chi connectivity index (χ1) is 11.2. The second-order valence-electron chi connectivity index (χ2n) is 6.85. The zero-order valence-corrected chi connectivity index (χ0v) is 14.4. The molecule has 0 bridgehead atoms. The van der Waals surface area contributed by atoms with E-state index in [4.69, 9.17) is 5.73 Å². The molecule has 0 radical (unpaired) electrons. The number of urea groups is 1. The summed E-state index contributed by atoms with van der Waals surface area (Å²) in [5.41, 5.74) is 5.76. The fourth-order valence-electron chi connectivity index (χ4n) is 3.49. The second kappa shape index (κ2) is 9.11. The number of nitrogens with zero attached hydrogens (tertiary/aromatic N) is 2. The highest BCUT2D eigenvalue weighted by Gasteiger charge is 2.32. The highest BCUT2D eigenvalue weighted by molar-refractivity contribution is 5.81. The molecule has 2 rings (SSSR count). The fourth-order valence-corrected chi connectivity index (χ4v) is 3.49. The Morgan fingerprint density at radius 2 is 1.87 bits per heavy atom. The van der Waals surface area contributed by atoms with Gasteiger partial charge >= 0.3 is 6.03 Å². The third-order valence-electron chi connectivity index (χ3n) is 4.98. The number of unbranched alkanes of at least 4 members (excludes halogenated alkanes) is 1. The lowest BCUT2D eigenvalue weighted by Gasteiger charge is -2.35. The Morgan fingerprint density at radius 1 is 1.17 bits per heavy atom. The summed E-state index contributed by atoms with van der Waals surface area (Å²) in [5, 5.41) is 3.08. The third-order valence-corrected chi connectivity index (χ3v) is 4.98. The number of amides is 3. The highest BCUT2D eigenvalue weighted by atomic mass is 16.2. The maximum absolute atomic E-state index is 12.5. The first-order valence-corrected chi connectivity index (χ1v) is 9.20. The van der Waals surface area contributed by atoms with Crippen molar-refractivity contribution in [2.75, 3.05) is 32.7 Å². The average molecular weight is 324 g/mol. The molecule has 0 spiro atoms. The minimum absolute atomic E-state index is 0.0621. The Labute approximate surface area is 139 Å². The van der Waals surface area contributed by atoms with E-state index in [1.165, 1.54) is 0 Å². The van der Waals surface area contributed by atoms with Gasteiger partial charge < -0.3 is 20.9 Å². The van der Waals surface area contributed by atoms with Crippen LogP contribution in [-0.4, -0.2) is 60.5 Å². The lowest BCUT2D eigenvalue weighted by atomic mass is 9.96. The molecule has 2 saturated heterocycles. The van der Waals surface area contributed by atoms with Crippen LogP contribution in [-0.2, 0) is 4.79 Å². The van der Waals surface area contributed by atoms with Crippen LogP contribution in [0.15, 0.2) is 0 Å². The van der Waals surface area contributed by atoms with Gasteiger partial charge in [0.2, 0.25) is 5.91 Å². The quantitative estimate of drug-likeness (QED) is 0.778. The number of hydrogen-bond acceptors (Lipinski definition) is 3. The van der Waals surface area contributed by atoms with Crippen molar-refractivity contribution in [1.82, 2.24) is 15.1 Å². The highest BCUT2D eigenvalue weighted by Crippen LogP contribution is 2.20. The summed E-state index contributed by atoms with van der Waals surface area (Å²) >= 11 is 0. The van der Waals surface area contributed by atoms with Gasteiger partial charge in [-0.3, -0.25) is 4.79 Å². The van der Waals surface area contributed by atoms with Gasteiger partial charge in [0.25, 0.3) is 0 Å². The Balaban J connectivity index is 1.84. The van der Waals surface area contributed by atoms with E-state index in [2.05, 4.69) is 12.2 Å². The number of nitrogens with one attached hydrogen (secondary N) is 1. The van der Waals surface area contributed by atoms with E-state index in [0.29, 0.717) is 13.1 Å². The zero-order chi connectivity index (χ0) is 16.7. The molecule has 2 heterocycles. The summed E-state index contributed by atoms with van der Waals surface area (Å²) in [6.45, 7) is 5.66. The molecule has 0 aliphatic carbocycles. The molecule has 2 unspecified atom stereocenters.